The lowest BCUT2D eigenvalue weighted by Crippen LogP contribution is -2.35. The fourth-order valence-corrected chi connectivity index (χ4v) is 7.44. The molecule has 0 bridgehead atoms. The zero-order chi connectivity index (χ0) is 45.8. The van der Waals surface area contributed by atoms with Gasteiger partial charge >= 0.3 is 25.7 Å². The van der Waals surface area contributed by atoms with E-state index in [1.54, 1.807) is 0 Å². The van der Waals surface area contributed by atoms with Crippen molar-refractivity contribution in [1.82, 2.24) is 0 Å². The van der Waals surface area contributed by atoms with Crippen LogP contribution in [0.2, 0.25) is 0 Å². The molecule has 0 fully saturated rings. The fraction of sp³-hybridized carbons (Fsp3) is 0.854. The van der Waals surface area contributed by atoms with Gasteiger partial charge in [-0.15, -0.1) is 24.8 Å². The molecule has 64 heavy (non-hydrogen) atoms. The van der Waals surface area contributed by atoms with Gasteiger partial charge in [-0.2, -0.15) is 0 Å². The molecule has 380 valence electrons. The van der Waals surface area contributed by atoms with Crippen molar-refractivity contribution in [3.8, 4) is 0 Å². The monoisotopic (exact) mass is 975 g/mol. The van der Waals surface area contributed by atoms with E-state index in [9.17, 15) is 28.9 Å². The Morgan fingerprint density at radius 3 is 1.44 bits per heavy atom. The van der Waals surface area contributed by atoms with Crippen molar-refractivity contribution in [3.05, 3.63) is 24.3 Å². The molecule has 0 aliphatic carbocycles. The van der Waals surface area contributed by atoms with Crippen molar-refractivity contribution in [2.45, 2.75) is 231 Å². The molecule has 13 nitrogen and oxygen atoms in total. The average Bonchev–Trinajstić information content (AvgIpc) is 3.25. The summed E-state index contributed by atoms with van der Waals surface area (Å²) in [7, 11) is -4.75. The lowest BCUT2D eigenvalue weighted by atomic mass is 10.1. The van der Waals surface area contributed by atoms with E-state index in [1.807, 2.05) is 0 Å². The van der Waals surface area contributed by atoms with Crippen molar-refractivity contribution in [3.63, 3.8) is 0 Å². The number of aliphatic hydroxyl groups is 1. The van der Waals surface area contributed by atoms with Gasteiger partial charge in [-0.25, -0.2) is 4.57 Å². The van der Waals surface area contributed by atoms with Crippen LogP contribution < -0.4 is 11.5 Å². The van der Waals surface area contributed by atoms with E-state index < -0.39 is 63.8 Å². The molecule has 0 saturated carbocycles. The van der Waals surface area contributed by atoms with E-state index >= 15 is 0 Å². The molecule has 0 aliphatic heterocycles. The highest BCUT2D eigenvalue weighted by Crippen LogP contribution is 2.43. The zero-order valence-corrected chi connectivity index (χ0v) is 42.5. The summed E-state index contributed by atoms with van der Waals surface area (Å²) in [5, 5.41) is 10.2. The number of ether oxygens (including phenoxy) is 3. The predicted molar refractivity (Wildman–Crippen MR) is 264 cm³/mol. The van der Waals surface area contributed by atoms with Gasteiger partial charge in [-0.3, -0.25) is 23.4 Å². The van der Waals surface area contributed by atoms with E-state index in [1.165, 1.54) is 77.0 Å². The maximum atomic E-state index is 12.8. The Morgan fingerprint density at radius 2 is 0.969 bits per heavy atom. The SMILES string of the molecule is CCCCCCCC/C=C/CCCCCCCC(=O)OC[C@H](COP(=O)(O)OCC(O)COC(=O)[C@H](N)CCCCN)OC(=O)CCCCCCC/C=C/CCCCCCCC.Cl.Cl. The Bertz CT molecular complexity index is 1180. The minimum atomic E-state index is -4.75. The number of carbonyl (C=O) groups excluding carboxylic acids is 3. The summed E-state index contributed by atoms with van der Waals surface area (Å²) in [5.41, 5.74) is 11.2. The molecule has 4 atom stereocenters. The molecule has 6 N–H and O–H groups in total. The second-order valence-electron chi connectivity index (χ2n) is 16.7. The van der Waals surface area contributed by atoms with Crippen LogP contribution in [0.5, 0.6) is 0 Å². The van der Waals surface area contributed by atoms with Crippen molar-refractivity contribution in [2.24, 2.45) is 11.5 Å². The molecule has 0 heterocycles. The first-order valence-corrected chi connectivity index (χ1v) is 26.1. The van der Waals surface area contributed by atoms with Crippen LogP contribution in [0.15, 0.2) is 24.3 Å². The first-order valence-electron chi connectivity index (χ1n) is 24.6. The number of unbranched alkanes of at least 4 members (excludes halogenated alkanes) is 23. The highest BCUT2D eigenvalue weighted by Gasteiger charge is 2.28. The second kappa shape index (κ2) is 49.4. The Labute approximate surface area is 401 Å². The molecule has 16 heteroatoms. The van der Waals surface area contributed by atoms with Crippen LogP contribution in [0.1, 0.15) is 213 Å². The third kappa shape index (κ3) is 47.0. The highest BCUT2D eigenvalue weighted by molar-refractivity contribution is 7.47. The molecule has 0 amide bonds. The number of halogens is 2. The number of nitrogens with two attached hydrogens (primary N) is 2. The van der Waals surface area contributed by atoms with Crippen LogP contribution in [0.4, 0.5) is 0 Å². The average molecular weight is 976 g/mol. The van der Waals surface area contributed by atoms with Crippen LogP contribution in [0, 0.1) is 0 Å². The Kier molecular flexibility index (Phi) is 51.5. The Balaban J connectivity index is -0.0000186. The molecular formula is C48H93Cl2N2O11P. The van der Waals surface area contributed by atoms with Gasteiger partial charge < -0.3 is 35.7 Å². The van der Waals surface area contributed by atoms with Crippen molar-refractivity contribution < 1.29 is 52.2 Å². The molecule has 0 aromatic heterocycles. The molecule has 0 aliphatic rings. The van der Waals surface area contributed by atoms with E-state index in [4.69, 9.17) is 34.7 Å². The third-order valence-electron chi connectivity index (χ3n) is 10.6. The number of hydrogen-bond donors (Lipinski definition) is 4. The van der Waals surface area contributed by atoms with Gasteiger partial charge in [0.15, 0.2) is 6.10 Å². The van der Waals surface area contributed by atoms with Crippen molar-refractivity contribution >= 4 is 50.5 Å². The summed E-state index contributed by atoms with van der Waals surface area (Å²) in [6.45, 7) is 2.82. The van der Waals surface area contributed by atoms with Gasteiger partial charge in [0.2, 0.25) is 0 Å². The lowest BCUT2D eigenvalue weighted by Gasteiger charge is -2.20. The topological polar surface area (TPSA) is 207 Å². The zero-order valence-electron chi connectivity index (χ0n) is 40.0. The van der Waals surface area contributed by atoms with Gasteiger partial charge in [0.25, 0.3) is 0 Å². The molecular weight excluding hydrogens is 882 g/mol. The highest BCUT2D eigenvalue weighted by atomic mass is 35.5. The third-order valence-corrected chi connectivity index (χ3v) is 11.5. The minimum Gasteiger partial charge on any atom is -0.462 e. The van der Waals surface area contributed by atoms with Crippen molar-refractivity contribution in [2.75, 3.05) is 33.0 Å². The summed E-state index contributed by atoms with van der Waals surface area (Å²) in [5.74, 6) is -1.71. The fourth-order valence-electron chi connectivity index (χ4n) is 6.65. The molecule has 0 spiro atoms. The van der Waals surface area contributed by atoms with Crippen LogP contribution in [-0.4, -0.2) is 79.1 Å². The number of phosphoric ester groups is 1. The number of rotatable bonds is 46. The predicted octanol–water partition coefficient (Wildman–Crippen LogP) is 11.9. The Morgan fingerprint density at radius 1 is 0.547 bits per heavy atom. The maximum Gasteiger partial charge on any atom is 0.472 e. The van der Waals surface area contributed by atoms with Gasteiger partial charge in [0.05, 0.1) is 13.2 Å². The molecule has 0 rings (SSSR count). The number of allylic oxidation sites excluding steroid dienone is 4. The maximum absolute atomic E-state index is 12.8. The second-order valence-corrected chi connectivity index (χ2v) is 18.2. The smallest absolute Gasteiger partial charge is 0.462 e. The molecule has 0 aromatic rings. The van der Waals surface area contributed by atoms with Gasteiger partial charge in [-0.1, -0.05) is 147 Å². The molecule has 0 saturated heterocycles. The Hall–Kier alpha value is -1.54. The molecule has 2 unspecified atom stereocenters. The van der Waals surface area contributed by atoms with Crippen LogP contribution in [0.25, 0.3) is 0 Å². The quantitative estimate of drug-likeness (QED) is 0.0147. The van der Waals surface area contributed by atoms with Crippen molar-refractivity contribution in [1.29, 1.82) is 0 Å². The van der Waals surface area contributed by atoms with Gasteiger partial charge in [0, 0.05) is 12.8 Å². The molecule has 0 radical (unpaired) electrons. The summed E-state index contributed by atoms with van der Waals surface area (Å²) in [4.78, 5) is 47.7. The minimum absolute atomic E-state index is 0. The van der Waals surface area contributed by atoms with Gasteiger partial charge in [-0.05, 0) is 83.6 Å². The molecule has 0 aromatic carbocycles. The first kappa shape index (κ1) is 66.7. The summed E-state index contributed by atoms with van der Waals surface area (Å²) < 4.78 is 38.5. The van der Waals surface area contributed by atoms with E-state index in [2.05, 4.69) is 38.2 Å². The summed E-state index contributed by atoms with van der Waals surface area (Å²) >= 11 is 0. The van der Waals surface area contributed by atoms with Crippen LogP contribution >= 0.6 is 32.6 Å². The lowest BCUT2D eigenvalue weighted by molar-refractivity contribution is -0.161. The summed E-state index contributed by atoms with van der Waals surface area (Å²) in [6.07, 6.45) is 38.3. The number of carbonyl (C=O) groups is 3. The van der Waals surface area contributed by atoms with Gasteiger partial charge in [0.1, 0.15) is 25.4 Å². The van der Waals surface area contributed by atoms with E-state index in [0.29, 0.717) is 38.6 Å². The first-order chi connectivity index (χ1) is 30.0. The van der Waals surface area contributed by atoms with Crippen LogP contribution in [-0.2, 0) is 42.2 Å². The number of aliphatic hydroxyl groups excluding tert-OH is 1. The summed E-state index contributed by atoms with van der Waals surface area (Å²) in [6, 6.07) is -0.880. The number of hydrogen-bond acceptors (Lipinski definition) is 12. The number of phosphoric acid groups is 1. The van der Waals surface area contributed by atoms with E-state index in [-0.39, 0.29) is 44.3 Å². The standard InChI is InChI=1S/C48H91N2O11P.2ClH/c1-3-5-7-9-11-13-15-17-19-21-23-25-27-29-31-36-46(52)57-41-44(42-60-62(55,56)59-40-43(51)39-58-48(54)45(50)35-33-34-38-49)61-47(53)37-32-30-28-26-24-22-20-18-16-14-12-10-8-6-4-2;;/h17-20,43-45,51H,3-16,21-42,49-50H2,1-2H3,(H,55,56);2*1H/b19-17+,20-18+;;/t43?,44-,45-;;/m1../s1. The van der Waals surface area contributed by atoms with Crippen LogP contribution in [0.3, 0.4) is 0 Å². The number of esters is 3. The normalized spacial score (nSPS) is 13.8. The van der Waals surface area contributed by atoms with E-state index in [0.717, 1.165) is 77.0 Å². The largest absolute Gasteiger partial charge is 0.472 e.